The molecule has 1 aromatic heterocycles. The quantitative estimate of drug-likeness (QED) is 0.261. The number of halogens is 1. The van der Waals surface area contributed by atoms with Gasteiger partial charge >= 0.3 is 6.09 Å². The van der Waals surface area contributed by atoms with Crippen molar-refractivity contribution in [2.75, 3.05) is 13.1 Å². The number of alkyl carbamates (subject to hydrolysis) is 1. The number of fused-ring (bicyclic) bond motifs is 1. The Bertz CT molecular complexity index is 1500. The van der Waals surface area contributed by atoms with Gasteiger partial charge in [-0.1, -0.05) is 54.6 Å². The van der Waals surface area contributed by atoms with Gasteiger partial charge in [0.15, 0.2) is 0 Å². The number of hydrogen-bond donors (Lipinski definition) is 3. The number of nitrogens with zero attached hydrogens (tertiary/aromatic N) is 1. The summed E-state index contributed by atoms with van der Waals surface area (Å²) in [5.41, 5.74) is 4.34. The molecule has 0 bridgehead atoms. The number of nitrogens with one attached hydrogen (secondary N) is 3. The lowest BCUT2D eigenvalue weighted by molar-refractivity contribution is 0.0520. The first-order chi connectivity index (χ1) is 20.0. The third-order valence-electron chi connectivity index (χ3n) is 8.31. The van der Waals surface area contributed by atoms with E-state index in [2.05, 4.69) is 20.5 Å². The molecule has 3 aromatic carbocycles. The predicted molar refractivity (Wildman–Crippen MR) is 157 cm³/mol. The molecule has 8 heteroatoms. The van der Waals surface area contributed by atoms with Crippen LogP contribution in [0.5, 0.6) is 0 Å². The number of H-pyrrole nitrogens is 1. The van der Waals surface area contributed by atoms with E-state index in [-0.39, 0.29) is 30.0 Å². The number of benzene rings is 3. The third-order valence-corrected chi connectivity index (χ3v) is 8.31. The highest BCUT2D eigenvalue weighted by atomic mass is 19.1. The molecule has 0 spiro atoms. The molecule has 0 unspecified atom stereocenters. The SMILES string of the molecule is O=C(NCc1ccccc1)OC1CCC(N2CC[C@H](NC(=O)c3cc4ccc(-c5ccc(F)cc5)cc4[nH]3)C2)CC1. The van der Waals surface area contributed by atoms with E-state index in [1.807, 2.05) is 54.6 Å². The highest BCUT2D eigenvalue weighted by Gasteiger charge is 2.33. The Morgan fingerprint density at radius 3 is 2.44 bits per heavy atom. The summed E-state index contributed by atoms with van der Waals surface area (Å²) >= 11 is 0. The van der Waals surface area contributed by atoms with Crippen LogP contribution in [0.2, 0.25) is 0 Å². The van der Waals surface area contributed by atoms with Crippen LogP contribution in [0.4, 0.5) is 9.18 Å². The summed E-state index contributed by atoms with van der Waals surface area (Å²) in [4.78, 5) is 31.0. The number of amides is 2. The van der Waals surface area contributed by atoms with Gasteiger partial charge in [0.1, 0.15) is 17.6 Å². The molecule has 4 aromatic rings. The molecule has 7 nitrogen and oxygen atoms in total. The maximum absolute atomic E-state index is 13.3. The number of ether oxygens (including phenoxy) is 1. The van der Waals surface area contributed by atoms with Crippen LogP contribution in [-0.4, -0.2) is 53.2 Å². The summed E-state index contributed by atoms with van der Waals surface area (Å²) in [7, 11) is 0. The minimum absolute atomic E-state index is 0.0503. The van der Waals surface area contributed by atoms with Gasteiger partial charge in [-0.2, -0.15) is 0 Å². The lowest BCUT2D eigenvalue weighted by Gasteiger charge is -2.34. The van der Waals surface area contributed by atoms with Gasteiger partial charge in [0.2, 0.25) is 0 Å². The number of aromatic amines is 1. The smallest absolute Gasteiger partial charge is 0.407 e. The number of hydrogen-bond acceptors (Lipinski definition) is 4. The summed E-state index contributed by atoms with van der Waals surface area (Å²) in [5, 5.41) is 7.01. The molecular weight excluding hydrogens is 519 g/mol. The maximum atomic E-state index is 13.3. The van der Waals surface area contributed by atoms with Crippen molar-refractivity contribution in [2.45, 2.75) is 56.8 Å². The van der Waals surface area contributed by atoms with Gasteiger partial charge in [-0.25, -0.2) is 9.18 Å². The van der Waals surface area contributed by atoms with E-state index in [0.29, 0.717) is 18.3 Å². The molecule has 1 saturated carbocycles. The Labute approximate surface area is 239 Å². The average Bonchev–Trinajstić information content (AvgIpc) is 3.64. The van der Waals surface area contributed by atoms with Gasteiger partial charge in [-0.05, 0) is 73.1 Å². The van der Waals surface area contributed by atoms with Gasteiger partial charge in [0.25, 0.3) is 5.91 Å². The summed E-state index contributed by atoms with van der Waals surface area (Å²) in [6.07, 6.45) is 4.18. The minimum Gasteiger partial charge on any atom is -0.446 e. The summed E-state index contributed by atoms with van der Waals surface area (Å²) in [5.74, 6) is -0.366. The number of carbonyl (C=O) groups is 2. The van der Waals surface area contributed by atoms with Crippen molar-refractivity contribution in [2.24, 2.45) is 0 Å². The first kappa shape index (κ1) is 27.0. The molecule has 1 aliphatic carbocycles. The molecule has 212 valence electrons. The molecule has 2 fully saturated rings. The number of carbonyl (C=O) groups excluding carboxylic acids is 2. The van der Waals surface area contributed by atoms with Crippen LogP contribution in [-0.2, 0) is 11.3 Å². The minimum atomic E-state index is -0.357. The van der Waals surface area contributed by atoms with E-state index in [1.54, 1.807) is 12.1 Å². The van der Waals surface area contributed by atoms with Crippen LogP contribution in [0, 0.1) is 5.82 Å². The first-order valence-corrected chi connectivity index (χ1v) is 14.4. The Balaban J connectivity index is 0.962. The highest BCUT2D eigenvalue weighted by molar-refractivity contribution is 5.99. The molecule has 1 saturated heterocycles. The molecule has 1 aliphatic heterocycles. The van der Waals surface area contributed by atoms with Crippen LogP contribution in [0.15, 0.2) is 78.9 Å². The number of aromatic nitrogens is 1. The fourth-order valence-corrected chi connectivity index (χ4v) is 6.06. The predicted octanol–water partition coefficient (Wildman–Crippen LogP) is 6.02. The summed E-state index contributed by atoms with van der Waals surface area (Å²) < 4.78 is 19.0. The zero-order valence-corrected chi connectivity index (χ0v) is 22.9. The van der Waals surface area contributed by atoms with Crippen LogP contribution in [0.3, 0.4) is 0 Å². The van der Waals surface area contributed by atoms with E-state index >= 15 is 0 Å². The zero-order chi connectivity index (χ0) is 28.2. The van der Waals surface area contributed by atoms with Gasteiger partial charge in [0, 0.05) is 42.6 Å². The Kier molecular flexibility index (Phi) is 8.00. The van der Waals surface area contributed by atoms with Crippen molar-refractivity contribution >= 4 is 22.9 Å². The fourth-order valence-electron chi connectivity index (χ4n) is 6.06. The molecule has 3 N–H and O–H groups in total. The first-order valence-electron chi connectivity index (χ1n) is 14.4. The van der Waals surface area contributed by atoms with E-state index in [4.69, 9.17) is 4.74 Å². The van der Waals surface area contributed by atoms with Crippen molar-refractivity contribution in [1.29, 1.82) is 0 Å². The number of rotatable bonds is 7. The summed E-state index contributed by atoms with van der Waals surface area (Å²) in [6, 6.07) is 24.6. The highest BCUT2D eigenvalue weighted by Crippen LogP contribution is 2.28. The third kappa shape index (κ3) is 6.60. The normalized spacial score (nSPS) is 21.0. The second-order valence-electron chi connectivity index (χ2n) is 11.1. The maximum Gasteiger partial charge on any atom is 0.407 e. The lowest BCUT2D eigenvalue weighted by Crippen LogP contribution is -2.42. The van der Waals surface area contributed by atoms with Crippen molar-refractivity contribution < 1.29 is 18.7 Å². The van der Waals surface area contributed by atoms with Crippen LogP contribution < -0.4 is 10.6 Å². The monoisotopic (exact) mass is 554 g/mol. The molecule has 41 heavy (non-hydrogen) atoms. The second kappa shape index (κ2) is 12.1. The standard InChI is InChI=1S/C33H35FN4O3/c34-26-10-8-23(9-11-26)24-6-7-25-19-31(37-30(25)18-24)32(39)36-27-16-17-38(21-27)28-12-14-29(15-13-28)41-33(40)35-20-22-4-2-1-3-5-22/h1-11,18-19,27-29,37H,12-17,20-21H2,(H,35,40)(H,36,39)/t27-,28?,29?/m0/s1. The van der Waals surface area contributed by atoms with E-state index in [9.17, 15) is 14.0 Å². The van der Waals surface area contributed by atoms with Gasteiger partial charge in [0.05, 0.1) is 0 Å². The Morgan fingerprint density at radius 2 is 1.66 bits per heavy atom. The van der Waals surface area contributed by atoms with Crippen molar-refractivity contribution in [3.05, 3.63) is 95.9 Å². The van der Waals surface area contributed by atoms with Gasteiger partial charge in [-0.3, -0.25) is 9.69 Å². The summed E-state index contributed by atoms with van der Waals surface area (Å²) in [6.45, 7) is 2.24. The van der Waals surface area contributed by atoms with Crippen LogP contribution in [0.1, 0.15) is 48.2 Å². The van der Waals surface area contributed by atoms with Gasteiger partial charge < -0.3 is 20.4 Å². The van der Waals surface area contributed by atoms with Crippen molar-refractivity contribution in [3.8, 4) is 11.1 Å². The van der Waals surface area contributed by atoms with E-state index < -0.39 is 0 Å². The molecule has 1 atom stereocenters. The molecular formula is C33H35FN4O3. The number of likely N-dealkylation sites (tertiary alicyclic amines) is 1. The lowest BCUT2D eigenvalue weighted by atomic mass is 9.92. The van der Waals surface area contributed by atoms with E-state index in [1.165, 1.54) is 12.1 Å². The molecule has 6 rings (SSSR count). The van der Waals surface area contributed by atoms with Crippen LogP contribution in [0.25, 0.3) is 22.0 Å². The zero-order valence-electron chi connectivity index (χ0n) is 22.9. The van der Waals surface area contributed by atoms with Crippen molar-refractivity contribution in [3.63, 3.8) is 0 Å². The van der Waals surface area contributed by atoms with Gasteiger partial charge in [-0.15, -0.1) is 0 Å². The molecule has 2 amide bonds. The fraction of sp³-hybridized carbons (Fsp3) is 0.333. The van der Waals surface area contributed by atoms with Crippen LogP contribution >= 0.6 is 0 Å². The van der Waals surface area contributed by atoms with E-state index in [0.717, 1.165) is 72.8 Å². The van der Waals surface area contributed by atoms with Crippen molar-refractivity contribution in [1.82, 2.24) is 20.5 Å². The molecule has 0 radical (unpaired) electrons. The Morgan fingerprint density at radius 1 is 0.902 bits per heavy atom. The topological polar surface area (TPSA) is 86.5 Å². The largest absolute Gasteiger partial charge is 0.446 e. The average molecular weight is 555 g/mol. The molecule has 2 heterocycles. The Hall–Kier alpha value is -4.17. The molecule has 2 aliphatic rings. The second-order valence-corrected chi connectivity index (χ2v) is 11.1.